The van der Waals surface area contributed by atoms with Crippen molar-refractivity contribution in [1.29, 1.82) is 0 Å². The van der Waals surface area contributed by atoms with Crippen LogP contribution in [-0.2, 0) is 0 Å². The Hall–Kier alpha value is -1.24. The smallest absolute Gasteiger partial charge is 0.244 e. The maximum Gasteiger partial charge on any atom is 0.244 e. The van der Waals surface area contributed by atoms with Crippen molar-refractivity contribution in [3.63, 3.8) is 0 Å². The minimum Gasteiger partial charge on any atom is -0.337 e. The Labute approximate surface area is 128 Å². The lowest BCUT2D eigenvalue weighted by atomic mass is 10.2. The highest BCUT2D eigenvalue weighted by atomic mass is 32.1. The Balaban J connectivity index is 1.41. The van der Waals surface area contributed by atoms with Crippen molar-refractivity contribution >= 4 is 11.3 Å². The summed E-state index contributed by atoms with van der Waals surface area (Å²) in [5.41, 5.74) is 0. The van der Waals surface area contributed by atoms with Crippen LogP contribution in [0, 0.1) is 0 Å². The van der Waals surface area contributed by atoms with Crippen LogP contribution in [0.3, 0.4) is 0 Å². The van der Waals surface area contributed by atoms with Gasteiger partial charge in [-0.3, -0.25) is 9.80 Å². The maximum absolute atomic E-state index is 5.48. The molecule has 112 valence electrons. The lowest BCUT2D eigenvalue weighted by Gasteiger charge is -2.36. The fraction of sp³-hybridized carbons (Fsp3) is 0.600. The van der Waals surface area contributed by atoms with Gasteiger partial charge in [-0.05, 0) is 31.2 Å². The summed E-state index contributed by atoms with van der Waals surface area (Å²) in [5, 5.41) is 6.15. The van der Waals surface area contributed by atoms with Crippen molar-refractivity contribution < 1.29 is 4.52 Å². The summed E-state index contributed by atoms with van der Waals surface area (Å²) >= 11 is 1.64. The third-order valence-corrected chi connectivity index (χ3v) is 5.37. The molecule has 0 spiro atoms. The molecule has 0 amide bonds. The van der Waals surface area contributed by atoms with Gasteiger partial charge in [-0.2, -0.15) is 4.98 Å². The first kappa shape index (κ1) is 13.4. The van der Waals surface area contributed by atoms with Crippen molar-refractivity contribution in [3.05, 3.63) is 23.4 Å². The topological polar surface area (TPSA) is 45.4 Å². The Morgan fingerprint density at radius 2 is 2.10 bits per heavy atom. The summed E-state index contributed by atoms with van der Waals surface area (Å²) in [6, 6.07) is 5.11. The van der Waals surface area contributed by atoms with Gasteiger partial charge in [0.1, 0.15) is 0 Å². The van der Waals surface area contributed by atoms with E-state index in [2.05, 4.69) is 26.9 Å². The molecule has 1 atom stereocenters. The van der Waals surface area contributed by atoms with Crippen molar-refractivity contribution in [3.8, 4) is 10.7 Å². The number of nitrogens with zero attached hydrogens (tertiary/aromatic N) is 4. The van der Waals surface area contributed by atoms with Crippen LogP contribution >= 0.6 is 11.3 Å². The fourth-order valence-electron chi connectivity index (χ4n) is 3.00. The lowest BCUT2D eigenvalue weighted by molar-refractivity contribution is 0.0842. The van der Waals surface area contributed by atoms with Crippen LogP contribution in [-0.4, -0.2) is 52.2 Å². The van der Waals surface area contributed by atoms with E-state index in [0.29, 0.717) is 5.82 Å². The average Bonchev–Trinajstić information content (AvgIpc) is 3.03. The molecule has 1 aliphatic carbocycles. The summed E-state index contributed by atoms with van der Waals surface area (Å²) in [7, 11) is 0. The molecular formula is C15H20N4OS. The third-order valence-electron chi connectivity index (χ3n) is 4.50. The summed E-state index contributed by atoms with van der Waals surface area (Å²) in [5.74, 6) is 1.45. The largest absolute Gasteiger partial charge is 0.337 e. The van der Waals surface area contributed by atoms with Gasteiger partial charge >= 0.3 is 0 Å². The van der Waals surface area contributed by atoms with E-state index in [4.69, 9.17) is 4.52 Å². The standard InChI is InChI=1S/C15H20N4OS/c1-11(18-6-8-19(9-7-18)12-4-5-12)15-16-14(17-20-15)13-3-2-10-21-13/h2-3,10-12H,4-9H2,1H3. The number of thiophene rings is 1. The molecule has 6 heteroatoms. The van der Waals surface area contributed by atoms with E-state index in [9.17, 15) is 0 Å². The van der Waals surface area contributed by atoms with Crippen LogP contribution in [0.4, 0.5) is 0 Å². The van der Waals surface area contributed by atoms with Crippen LogP contribution in [0.2, 0.25) is 0 Å². The van der Waals surface area contributed by atoms with E-state index in [1.54, 1.807) is 11.3 Å². The Bertz CT molecular complexity index is 585. The molecule has 0 aromatic carbocycles. The molecule has 5 nitrogen and oxygen atoms in total. The molecule has 1 unspecified atom stereocenters. The number of aromatic nitrogens is 2. The monoisotopic (exact) mass is 304 g/mol. The van der Waals surface area contributed by atoms with Crippen LogP contribution in [0.1, 0.15) is 31.7 Å². The molecule has 1 saturated carbocycles. The number of piperazine rings is 1. The minimum atomic E-state index is 0.201. The van der Waals surface area contributed by atoms with E-state index < -0.39 is 0 Å². The quantitative estimate of drug-likeness (QED) is 0.869. The SMILES string of the molecule is CC(c1nc(-c2cccs2)no1)N1CCN(C2CC2)CC1. The zero-order valence-corrected chi connectivity index (χ0v) is 13.1. The second-order valence-corrected chi connectivity index (χ2v) is 6.86. The van der Waals surface area contributed by atoms with Crippen molar-refractivity contribution in [1.82, 2.24) is 19.9 Å². The Morgan fingerprint density at radius 3 is 2.76 bits per heavy atom. The molecule has 4 rings (SSSR count). The van der Waals surface area contributed by atoms with Gasteiger partial charge in [-0.15, -0.1) is 11.3 Å². The third kappa shape index (κ3) is 2.75. The zero-order valence-electron chi connectivity index (χ0n) is 12.2. The van der Waals surface area contributed by atoms with Gasteiger partial charge in [0.2, 0.25) is 11.7 Å². The maximum atomic E-state index is 5.48. The summed E-state index contributed by atoms with van der Waals surface area (Å²) in [6.07, 6.45) is 2.78. The lowest BCUT2D eigenvalue weighted by Crippen LogP contribution is -2.47. The summed E-state index contributed by atoms with van der Waals surface area (Å²) in [6.45, 7) is 6.68. The zero-order chi connectivity index (χ0) is 14.2. The van der Waals surface area contributed by atoms with Crippen molar-refractivity contribution in [2.75, 3.05) is 26.2 Å². The van der Waals surface area contributed by atoms with Crippen molar-refractivity contribution in [2.24, 2.45) is 0 Å². The molecular weight excluding hydrogens is 284 g/mol. The predicted octanol–water partition coefficient (Wildman–Crippen LogP) is 2.64. The Morgan fingerprint density at radius 1 is 1.29 bits per heavy atom. The highest BCUT2D eigenvalue weighted by Gasteiger charge is 2.33. The van der Waals surface area contributed by atoms with Gasteiger partial charge < -0.3 is 4.52 Å². The number of hydrogen-bond acceptors (Lipinski definition) is 6. The summed E-state index contributed by atoms with van der Waals surface area (Å²) in [4.78, 5) is 10.7. The van der Waals surface area contributed by atoms with E-state index >= 15 is 0 Å². The highest BCUT2D eigenvalue weighted by Crippen LogP contribution is 2.30. The van der Waals surface area contributed by atoms with E-state index in [1.165, 1.54) is 25.9 Å². The summed E-state index contributed by atoms with van der Waals surface area (Å²) < 4.78 is 5.48. The van der Waals surface area contributed by atoms with Crippen LogP contribution in [0.15, 0.2) is 22.0 Å². The van der Waals surface area contributed by atoms with Gasteiger partial charge in [0.15, 0.2) is 0 Å². The molecule has 1 aliphatic heterocycles. The average molecular weight is 304 g/mol. The first-order valence-corrected chi connectivity index (χ1v) is 8.55. The van der Waals surface area contributed by atoms with E-state index in [0.717, 1.165) is 29.9 Å². The Kier molecular flexibility index (Phi) is 3.52. The van der Waals surface area contributed by atoms with Crippen LogP contribution < -0.4 is 0 Å². The van der Waals surface area contributed by atoms with Gasteiger partial charge in [0, 0.05) is 32.2 Å². The van der Waals surface area contributed by atoms with E-state index in [1.807, 2.05) is 17.5 Å². The minimum absolute atomic E-state index is 0.201. The van der Waals surface area contributed by atoms with Gasteiger partial charge in [0.25, 0.3) is 0 Å². The second kappa shape index (κ2) is 5.51. The second-order valence-electron chi connectivity index (χ2n) is 5.91. The molecule has 2 aromatic heterocycles. The van der Waals surface area contributed by atoms with Crippen molar-refractivity contribution in [2.45, 2.75) is 31.8 Å². The first-order chi connectivity index (χ1) is 10.3. The number of hydrogen-bond donors (Lipinski definition) is 0. The molecule has 21 heavy (non-hydrogen) atoms. The van der Waals surface area contributed by atoms with Crippen LogP contribution in [0.25, 0.3) is 10.7 Å². The molecule has 0 radical (unpaired) electrons. The highest BCUT2D eigenvalue weighted by molar-refractivity contribution is 7.13. The van der Waals surface area contributed by atoms with Crippen LogP contribution in [0.5, 0.6) is 0 Å². The normalized spacial score (nSPS) is 22.5. The molecule has 0 N–H and O–H groups in total. The van der Waals surface area contributed by atoms with Gasteiger partial charge in [-0.1, -0.05) is 11.2 Å². The first-order valence-electron chi connectivity index (χ1n) is 7.67. The molecule has 2 fully saturated rings. The molecule has 3 heterocycles. The van der Waals surface area contributed by atoms with Gasteiger partial charge in [0.05, 0.1) is 10.9 Å². The predicted molar refractivity (Wildman–Crippen MR) is 82.2 cm³/mol. The fourth-order valence-corrected chi connectivity index (χ4v) is 3.65. The van der Waals surface area contributed by atoms with E-state index in [-0.39, 0.29) is 6.04 Å². The van der Waals surface area contributed by atoms with Gasteiger partial charge in [-0.25, -0.2) is 0 Å². The molecule has 2 aliphatic rings. The molecule has 0 bridgehead atoms. The number of rotatable bonds is 4. The molecule has 1 saturated heterocycles. The molecule has 2 aromatic rings.